The van der Waals surface area contributed by atoms with E-state index in [2.05, 4.69) is 19.7 Å². The molecule has 2 rings (SSSR count). The van der Waals surface area contributed by atoms with Crippen molar-refractivity contribution in [3.8, 4) is 6.07 Å². The van der Waals surface area contributed by atoms with Crippen LogP contribution in [0.15, 0.2) is 12.5 Å². The Morgan fingerprint density at radius 1 is 1.62 bits per heavy atom. The van der Waals surface area contributed by atoms with Crippen LogP contribution in [0.1, 0.15) is 10.7 Å². The average Bonchev–Trinajstić information content (AvgIpc) is 2.76. The van der Waals surface area contributed by atoms with Crippen molar-refractivity contribution in [2.45, 2.75) is 6.54 Å². The maximum atomic E-state index is 8.47. The molecule has 0 bridgehead atoms. The van der Waals surface area contributed by atoms with E-state index in [9.17, 15) is 0 Å². The highest BCUT2D eigenvalue weighted by molar-refractivity contribution is 7.05. The summed E-state index contributed by atoms with van der Waals surface area (Å²) in [4.78, 5) is 4.75. The standard InChI is InChI=1S/C6H4N6S/c7-1-6-8-4-12(10-6)3-5-2-9-11-13-5/h2,4H,3H2. The zero-order chi connectivity index (χ0) is 9.10. The van der Waals surface area contributed by atoms with Crippen LogP contribution in [0.3, 0.4) is 0 Å². The Bertz CT molecular complexity index is 424. The first-order valence-electron chi connectivity index (χ1n) is 3.44. The number of nitrogens with zero attached hydrogens (tertiary/aromatic N) is 6. The topological polar surface area (TPSA) is 80.3 Å². The van der Waals surface area contributed by atoms with E-state index in [1.807, 2.05) is 6.07 Å². The molecule has 0 aromatic carbocycles. The zero-order valence-corrected chi connectivity index (χ0v) is 7.27. The minimum atomic E-state index is 0.178. The molecule has 0 N–H and O–H groups in total. The molecule has 0 aliphatic carbocycles. The lowest BCUT2D eigenvalue weighted by Gasteiger charge is -1.92. The van der Waals surface area contributed by atoms with E-state index in [-0.39, 0.29) is 5.82 Å². The van der Waals surface area contributed by atoms with Crippen molar-refractivity contribution >= 4 is 11.5 Å². The minimum absolute atomic E-state index is 0.178. The molecular weight excluding hydrogens is 188 g/mol. The van der Waals surface area contributed by atoms with Crippen LogP contribution in [0.4, 0.5) is 0 Å². The molecule has 2 heterocycles. The van der Waals surface area contributed by atoms with Crippen LogP contribution in [0.25, 0.3) is 0 Å². The van der Waals surface area contributed by atoms with Crippen molar-refractivity contribution in [3.63, 3.8) is 0 Å². The highest BCUT2D eigenvalue weighted by Gasteiger charge is 2.01. The SMILES string of the molecule is N#Cc1ncn(Cc2cnns2)n1. The Kier molecular flexibility index (Phi) is 1.97. The highest BCUT2D eigenvalue weighted by Crippen LogP contribution is 2.03. The summed E-state index contributed by atoms with van der Waals surface area (Å²) in [6, 6.07) is 1.86. The first-order valence-corrected chi connectivity index (χ1v) is 4.21. The van der Waals surface area contributed by atoms with Crippen LogP contribution in [0.2, 0.25) is 0 Å². The molecule has 0 fully saturated rings. The van der Waals surface area contributed by atoms with Crippen LogP contribution in [-0.2, 0) is 6.54 Å². The fourth-order valence-corrected chi connectivity index (χ4v) is 1.32. The van der Waals surface area contributed by atoms with E-state index >= 15 is 0 Å². The maximum Gasteiger partial charge on any atom is 0.252 e. The molecule has 0 unspecified atom stereocenters. The van der Waals surface area contributed by atoms with Crippen molar-refractivity contribution < 1.29 is 0 Å². The van der Waals surface area contributed by atoms with Crippen LogP contribution in [-0.4, -0.2) is 24.4 Å². The van der Waals surface area contributed by atoms with Crippen molar-refractivity contribution in [1.82, 2.24) is 24.4 Å². The summed E-state index contributed by atoms with van der Waals surface area (Å²) < 4.78 is 5.29. The molecule has 0 aliphatic heterocycles. The molecule has 2 aromatic heterocycles. The second-order valence-corrected chi connectivity index (χ2v) is 3.13. The molecule has 64 valence electrons. The number of nitriles is 1. The zero-order valence-electron chi connectivity index (χ0n) is 6.45. The van der Waals surface area contributed by atoms with E-state index in [4.69, 9.17) is 5.26 Å². The summed E-state index contributed by atoms with van der Waals surface area (Å²) in [6.07, 6.45) is 3.18. The third-order valence-electron chi connectivity index (χ3n) is 1.36. The van der Waals surface area contributed by atoms with Gasteiger partial charge in [-0.2, -0.15) is 5.26 Å². The Balaban J connectivity index is 2.15. The van der Waals surface area contributed by atoms with E-state index in [0.29, 0.717) is 6.54 Å². The lowest BCUT2D eigenvalue weighted by atomic mass is 10.5. The average molecular weight is 192 g/mol. The summed E-state index contributed by atoms with van der Waals surface area (Å²) in [5.41, 5.74) is 0. The van der Waals surface area contributed by atoms with E-state index in [1.165, 1.54) is 17.9 Å². The summed E-state index contributed by atoms with van der Waals surface area (Å²) in [5.74, 6) is 0.178. The number of rotatable bonds is 2. The van der Waals surface area contributed by atoms with Gasteiger partial charge >= 0.3 is 0 Å². The van der Waals surface area contributed by atoms with Gasteiger partial charge in [0.1, 0.15) is 12.4 Å². The van der Waals surface area contributed by atoms with E-state index < -0.39 is 0 Å². The predicted molar refractivity (Wildman–Crippen MR) is 43.7 cm³/mol. The van der Waals surface area contributed by atoms with E-state index in [0.717, 1.165) is 4.88 Å². The largest absolute Gasteiger partial charge is 0.252 e. The van der Waals surface area contributed by atoms with Crippen molar-refractivity contribution in [3.05, 3.63) is 23.2 Å². The normalized spacial score (nSPS) is 9.77. The van der Waals surface area contributed by atoms with E-state index in [1.54, 1.807) is 10.9 Å². The number of hydrogen-bond acceptors (Lipinski definition) is 6. The quantitative estimate of drug-likeness (QED) is 0.671. The highest BCUT2D eigenvalue weighted by atomic mass is 32.1. The van der Waals surface area contributed by atoms with Crippen molar-refractivity contribution in [2.75, 3.05) is 0 Å². The lowest BCUT2D eigenvalue weighted by Crippen LogP contribution is -1.98. The third kappa shape index (κ3) is 1.68. The predicted octanol–water partition coefficient (Wildman–Crippen LogP) is 0.0496. The summed E-state index contributed by atoms with van der Waals surface area (Å²) in [6.45, 7) is 0.562. The number of aromatic nitrogens is 5. The first-order chi connectivity index (χ1) is 6.38. The van der Waals surface area contributed by atoms with Gasteiger partial charge in [-0.1, -0.05) is 4.49 Å². The van der Waals surface area contributed by atoms with Crippen molar-refractivity contribution in [2.24, 2.45) is 0 Å². The maximum absolute atomic E-state index is 8.47. The first kappa shape index (κ1) is 7.82. The summed E-state index contributed by atoms with van der Waals surface area (Å²) in [7, 11) is 0. The van der Waals surface area contributed by atoms with Gasteiger partial charge in [0.05, 0.1) is 17.6 Å². The molecule has 0 amide bonds. The van der Waals surface area contributed by atoms with Crippen molar-refractivity contribution in [1.29, 1.82) is 5.26 Å². The molecule has 0 atom stereocenters. The lowest BCUT2D eigenvalue weighted by molar-refractivity contribution is 0.689. The fourth-order valence-electron chi connectivity index (χ4n) is 0.839. The summed E-state index contributed by atoms with van der Waals surface area (Å²) in [5, 5.41) is 16.1. The molecule has 0 radical (unpaired) electrons. The van der Waals surface area contributed by atoms with Crippen LogP contribution in [0.5, 0.6) is 0 Å². The van der Waals surface area contributed by atoms with Gasteiger partial charge in [-0.3, -0.25) is 0 Å². The Morgan fingerprint density at radius 2 is 2.54 bits per heavy atom. The monoisotopic (exact) mass is 192 g/mol. The molecule has 0 saturated heterocycles. The minimum Gasteiger partial charge on any atom is -0.246 e. The Morgan fingerprint density at radius 3 is 3.15 bits per heavy atom. The van der Waals surface area contributed by atoms with Crippen LogP contribution < -0.4 is 0 Å². The molecule has 2 aromatic rings. The molecule has 6 nitrogen and oxygen atoms in total. The van der Waals surface area contributed by atoms with Gasteiger partial charge in [0.25, 0.3) is 5.82 Å². The molecular formula is C6H4N6S. The number of hydrogen-bond donors (Lipinski definition) is 0. The Hall–Kier alpha value is -1.81. The van der Waals surface area contributed by atoms with Crippen LogP contribution in [0, 0.1) is 11.3 Å². The smallest absolute Gasteiger partial charge is 0.246 e. The second-order valence-electron chi connectivity index (χ2n) is 2.26. The van der Waals surface area contributed by atoms with Gasteiger partial charge in [0.2, 0.25) is 0 Å². The van der Waals surface area contributed by atoms with Gasteiger partial charge in [-0.05, 0) is 11.5 Å². The van der Waals surface area contributed by atoms with Gasteiger partial charge in [0.15, 0.2) is 0 Å². The third-order valence-corrected chi connectivity index (χ3v) is 2.01. The molecule has 7 heteroatoms. The van der Waals surface area contributed by atoms with Crippen LogP contribution >= 0.6 is 11.5 Å². The Labute approximate surface area is 77.6 Å². The molecule has 0 spiro atoms. The summed E-state index contributed by atoms with van der Waals surface area (Å²) >= 11 is 1.30. The van der Waals surface area contributed by atoms with Gasteiger partial charge in [-0.15, -0.1) is 10.2 Å². The molecule has 0 aliphatic rings. The van der Waals surface area contributed by atoms with Gasteiger partial charge in [0, 0.05) is 0 Å². The second kappa shape index (κ2) is 3.28. The van der Waals surface area contributed by atoms with Gasteiger partial charge in [-0.25, -0.2) is 9.67 Å². The fraction of sp³-hybridized carbons (Fsp3) is 0.167. The molecule has 0 saturated carbocycles. The molecule has 13 heavy (non-hydrogen) atoms. The van der Waals surface area contributed by atoms with Gasteiger partial charge < -0.3 is 0 Å².